The molecule has 1 amide bonds. The number of aliphatic hydroxyl groups excluding tert-OH is 1. The van der Waals surface area contributed by atoms with Crippen molar-refractivity contribution in [3.63, 3.8) is 0 Å². The lowest BCUT2D eigenvalue weighted by Crippen LogP contribution is -2.38. The van der Waals surface area contributed by atoms with E-state index in [0.717, 1.165) is 11.1 Å². The van der Waals surface area contributed by atoms with Crippen LogP contribution in [0.4, 0.5) is 0 Å². The van der Waals surface area contributed by atoms with E-state index in [2.05, 4.69) is 5.32 Å². The normalized spacial score (nSPS) is 12.2. The van der Waals surface area contributed by atoms with Gasteiger partial charge in [-0.3, -0.25) is 4.79 Å². The monoisotopic (exact) mass is 339 g/mol. The molecule has 0 fully saturated rings. The lowest BCUT2D eigenvalue weighted by Gasteiger charge is -2.15. The van der Waals surface area contributed by atoms with Crippen molar-refractivity contribution in [1.29, 1.82) is 0 Å². The molecule has 0 aliphatic carbocycles. The zero-order chi connectivity index (χ0) is 17.7. The van der Waals surface area contributed by atoms with Gasteiger partial charge in [-0.1, -0.05) is 66.7 Å². The maximum atomic E-state index is 11.9. The minimum Gasteiger partial charge on any atom is -0.394 e. The molecule has 0 aliphatic rings. The van der Waals surface area contributed by atoms with Crippen LogP contribution in [0, 0.1) is 0 Å². The Bertz CT molecular complexity index is 641. The summed E-state index contributed by atoms with van der Waals surface area (Å²) in [6, 6.07) is 19.5. The van der Waals surface area contributed by atoms with Crippen LogP contribution < -0.4 is 5.32 Å². The molecule has 0 spiro atoms. The molecule has 25 heavy (non-hydrogen) atoms. The number of hydrogen-bond acceptors (Lipinski definition) is 3. The second-order valence-corrected chi connectivity index (χ2v) is 5.81. The third kappa shape index (κ3) is 7.79. The van der Waals surface area contributed by atoms with Crippen molar-refractivity contribution in [2.45, 2.75) is 25.5 Å². The first kappa shape index (κ1) is 18.9. The van der Waals surface area contributed by atoms with Gasteiger partial charge in [0.15, 0.2) is 0 Å². The molecule has 1 atom stereocenters. The topological polar surface area (TPSA) is 58.6 Å². The van der Waals surface area contributed by atoms with Gasteiger partial charge < -0.3 is 15.2 Å². The minimum atomic E-state index is -0.283. The van der Waals surface area contributed by atoms with Crippen molar-refractivity contribution in [1.82, 2.24) is 5.32 Å². The van der Waals surface area contributed by atoms with Gasteiger partial charge in [0.25, 0.3) is 0 Å². The molecule has 4 heteroatoms. The summed E-state index contributed by atoms with van der Waals surface area (Å²) >= 11 is 0. The van der Waals surface area contributed by atoms with E-state index in [4.69, 9.17) is 4.74 Å². The molecular formula is C21H25NO3. The first-order chi connectivity index (χ1) is 12.3. The van der Waals surface area contributed by atoms with E-state index < -0.39 is 0 Å². The molecule has 0 aliphatic heterocycles. The Morgan fingerprint density at radius 3 is 2.32 bits per heavy atom. The number of benzene rings is 2. The standard InChI is InChI=1S/C21H25NO3/c23-16-20(15-18-9-3-1-4-10-18)22-21(24)13-7-8-14-25-17-19-11-5-2-6-12-19/h1-7,9-13,20,23H,8,14-17H2,(H,22,24)/b13-7+/t20-/m0/s1. The summed E-state index contributed by atoms with van der Waals surface area (Å²) in [5, 5.41) is 12.2. The van der Waals surface area contributed by atoms with Crippen molar-refractivity contribution >= 4 is 5.91 Å². The highest BCUT2D eigenvalue weighted by molar-refractivity contribution is 5.87. The summed E-state index contributed by atoms with van der Waals surface area (Å²) < 4.78 is 5.56. The Labute approximate surface area is 149 Å². The van der Waals surface area contributed by atoms with Crippen molar-refractivity contribution in [3.8, 4) is 0 Å². The van der Waals surface area contributed by atoms with Crippen molar-refractivity contribution < 1.29 is 14.6 Å². The van der Waals surface area contributed by atoms with E-state index in [0.29, 0.717) is 26.1 Å². The van der Waals surface area contributed by atoms with Gasteiger partial charge in [0.1, 0.15) is 0 Å². The summed E-state index contributed by atoms with van der Waals surface area (Å²) in [6.07, 6.45) is 4.57. The van der Waals surface area contributed by atoms with E-state index >= 15 is 0 Å². The van der Waals surface area contributed by atoms with Crippen molar-refractivity contribution in [2.75, 3.05) is 13.2 Å². The smallest absolute Gasteiger partial charge is 0.243 e. The number of rotatable bonds is 10. The number of nitrogens with one attached hydrogen (secondary N) is 1. The molecule has 2 aromatic rings. The van der Waals surface area contributed by atoms with E-state index in [9.17, 15) is 9.90 Å². The highest BCUT2D eigenvalue weighted by atomic mass is 16.5. The molecule has 2 rings (SSSR count). The van der Waals surface area contributed by atoms with E-state index in [1.54, 1.807) is 6.08 Å². The molecule has 2 aromatic carbocycles. The Hall–Kier alpha value is -2.43. The second-order valence-electron chi connectivity index (χ2n) is 5.81. The number of amides is 1. The molecule has 0 heterocycles. The third-order valence-electron chi connectivity index (χ3n) is 3.70. The number of carbonyl (C=O) groups excluding carboxylic acids is 1. The summed E-state index contributed by atoms with van der Waals surface area (Å²) in [4.78, 5) is 11.9. The highest BCUT2D eigenvalue weighted by Gasteiger charge is 2.10. The molecule has 0 saturated carbocycles. The van der Waals surface area contributed by atoms with Crippen LogP contribution >= 0.6 is 0 Å². The second kappa shape index (κ2) is 11.2. The van der Waals surface area contributed by atoms with Gasteiger partial charge in [0.05, 0.1) is 25.9 Å². The molecule has 0 saturated heterocycles. The van der Waals surface area contributed by atoms with Crippen molar-refractivity contribution in [3.05, 3.63) is 83.9 Å². The fourth-order valence-corrected chi connectivity index (χ4v) is 2.42. The fourth-order valence-electron chi connectivity index (χ4n) is 2.42. The van der Waals surface area contributed by atoms with Crippen LogP contribution in [0.1, 0.15) is 17.5 Å². The van der Waals surface area contributed by atoms with Crippen LogP contribution in [0.15, 0.2) is 72.8 Å². The van der Waals surface area contributed by atoms with Crippen LogP contribution in [-0.4, -0.2) is 30.3 Å². The molecular weight excluding hydrogens is 314 g/mol. The molecule has 0 bridgehead atoms. The van der Waals surface area contributed by atoms with E-state index in [1.807, 2.05) is 60.7 Å². The number of carbonyl (C=O) groups is 1. The predicted octanol–water partition coefficient (Wildman–Crippen LogP) is 2.87. The highest BCUT2D eigenvalue weighted by Crippen LogP contribution is 2.03. The number of hydrogen-bond donors (Lipinski definition) is 2. The summed E-state index contributed by atoms with van der Waals surface area (Å²) in [5.74, 6) is -0.196. The van der Waals surface area contributed by atoms with Gasteiger partial charge in [-0.2, -0.15) is 0 Å². The van der Waals surface area contributed by atoms with Gasteiger partial charge in [0, 0.05) is 0 Å². The predicted molar refractivity (Wildman–Crippen MR) is 99.0 cm³/mol. The van der Waals surface area contributed by atoms with Gasteiger partial charge in [-0.15, -0.1) is 0 Å². The number of ether oxygens (including phenoxy) is 1. The molecule has 0 radical (unpaired) electrons. The molecule has 4 nitrogen and oxygen atoms in total. The molecule has 132 valence electrons. The van der Waals surface area contributed by atoms with Crippen LogP contribution in [0.2, 0.25) is 0 Å². The zero-order valence-corrected chi connectivity index (χ0v) is 14.3. The SMILES string of the molecule is O=C(/C=C/CCOCc1ccccc1)N[C@H](CO)Cc1ccccc1. The maximum absolute atomic E-state index is 11.9. The van der Waals surface area contributed by atoms with Crippen LogP contribution in [0.5, 0.6) is 0 Å². The van der Waals surface area contributed by atoms with Gasteiger partial charge in [0.2, 0.25) is 5.91 Å². The van der Waals surface area contributed by atoms with Crippen LogP contribution in [0.25, 0.3) is 0 Å². The minimum absolute atomic E-state index is 0.0886. The van der Waals surface area contributed by atoms with E-state index in [1.165, 1.54) is 6.08 Å². The van der Waals surface area contributed by atoms with Gasteiger partial charge in [-0.25, -0.2) is 0 Å². The lowest BCUT2D eigenvalue weighted by molar-refractivity contribution is -0.117. The van der Waals surface area contributed by atoms with Crippen LogP contribution in [-0.2, 0) is 22.6 Å². The quantitative estimate of drug-likeness (QED) is 0.517. The Kier molecular flexibility index (Phi) is 8.45. The fraction of sp³-hybridized carbons (Fsp3) is 0.286. The lowest BCUT2D eigenvalue weighted by atomic mass is 10.1. The summed E-state index contributed by atoms with van der Waals surface area (Å²) in [7, 11) is 0. The van der Waals surface area contributed by atoms with Gasteiger partial charge >= 0.3 is 0 Å². The maximum Gasteiger partial charge on any atom is 0.243 e. The first-order valence-corrected chi connectivity index (χ1v) is 8.51. The molecule has 2 N–H and O–H groups in total. The zero-order valence-electron chi connectivity index (χ0n) is 14.3. The van der Waals surface area contributed by atoms with Gasteiger partial charge in [-0.05, 0) is 30.0 Å². The molecule has 0 unspecified atom stereocenters. The Morgan fingerprint density at radius 1 is 1.04 bits per heavy atom. The number of aliphatic hydroxyl groups is 1. The Morgan fingerprint density at radius 2 is 1.68 bits per heavy atom. The summed E-state index contributed by atoms with van der Waals surface area (Å²) in [5.41, 5.74) is 2.22. The first-order valence-electron chi connectivity index (χ1n) is 8.51. The largest absolute Gasteiger partial charge is 0.394 e. The van der Waals surface area contributed by atoms with Crippen molar-refractivity contribution in [2.24, 2.45) is 0 Å². The van der Waals surface area contributed by atoms with E-state index in [-0.39, 0.29) is 18.6 Å². The third-order valence-corrected chi connectivity index (χ3v) is 3.70. The average molecular weight is 339 g/mol. The summed E-state index contributed by atoms with van der Waals surface area (Å²) in [6.45, 7) is 1.05. The van der Waals surface area contributed by atoms with Crippen LogP contribution in [0.3, 0.4) is 0 Å². The molecule has 0 aromatic heterocycles. The Balaban J connectivity index is 1.63. The average Bonchev–Trinajstić information content (AvgIpc) is 2.65.